The lowest BCUT2D eigenvalue weighted by Crippen LogP contribution is -2.27. The van der Waals surface area contributed by atoms with Crippen molar-refractivity contribution in [1.82, 2.24) is 4.90 Å². The Balaban J connectivity index is 2.03. The van der Waals surface area contributed by atoms with Crippen LogP contribution >= 0.6 is 0 Å². The Kier molecular flexibility index (Phi) is 5.67. The zero-order valence-corrected chi connectivity index (χ0v) is 12.0. The zero-order valence-electron chi connectivity index (χ0n) is 12.0. The molecule has 3 nitrogen and oxygen atoms in total. The summed E-state index contributed by atoms with van der Waals surface area (Å²) in [5.74, 6) is 0.971. The Bertz CT molecular complexity index is 358. The van der Waals surface area contributed by atoms with Crippen molar-refractivity contribution in [3.63, 3.8) is 0 Å². The van der Waals surface area contributed by atoms with Gasteiger partial charge < -0.3 is 10.5 Å². The summed E-state index contributed by atoms with van der Waals surface area (Å²) in [4.78, 5) is 2.56. The molecular weight excluding hydrogens is 236 g/mol. The lowest BCUT2D eigenvalue weighted by molar-refractivity contribution is 0.235. The number of ether oxygens (including phenoxy) is 1. The van der Waals surface area contributed by atoms with Crippen LogP contribution in [0.4, 0.5) is 0 Å². The lowest BCUT2D eigenvalue weighted by Gasteiger charge is -2.27. The Morgan fingerprint density at radius 1 is 1.21 bits per heavy atom. The Morgan fingerprint density at radius 2 is 1.89 bits per heavy atom. The fourth-order valence-corrected chi connectivity index (χ4v) is 2.78. The van der Waals surface area contributed by atoms with Gasteiger partial charge in [0, 0.05) is 6.04 Å². The highest BCUT2D eigenvalue weighted by Gasteiger charge is 2.22. The zero-order chi connectivity index (χ0) is 13.5. The minimum absolute atomic E-state index is 0.479. The lowest BCUT2D eigenvalue weighted by atomic mass is 10.0. The molecule has 1 aromatic rings. The van der Waals surface area contributed by atoms with Crippen LogP contribution in [0, 0.1) is 0 Å². The molecule has 1 aliphatic rings. The molecule has 1 atom stereocenters. The third-order valence-electron chi connectivity index (χ3n) is 3.76. The molecule has 0 radical (unpaired) electrons. The first kappa shape index (κ1) is 14.4. The highest BCUT2D eigenvalue weighted by molar-refractivity contribution is 5.29. The maximum atomic E-state index is 5.78. The minimum atomic E-state index is 0.479. The van der Waals surface area contributed by atoms with Crippen molar-refractivity contribution in [3.05, 3.63) is 29.8 Å². The van der Waals surface area contributed by atoms with Crippen LogP contribution in [0.1, 0.15) is 44.2 Å². The van der Waals surface area contributed by atoms with Crippen LogP contribution in [0.3, 0.4) is 0 Å². The monoisotopic (exact) mass is 262 g/mol. The van der Waals surface area contributed by atoms with Crippen molar-refractivity contribution in [2.24, 2.45) is 5.73 Å². The van der Waals surface area contributed by atoms with Gasteiger partial charge in [-0.15, -0.1) is 0 Å². The van der Waals surface area contributed by atoms with Gasteiger partial charge in [0.05, 0.1) is 6.61 Å². The number of hydrogen-bond acceptors (Lipinski definition) is 3. The van der Waals surface area contributed by atoms with Crippen LogP contribution in [0.25, 0.3) is 0 Å². The van der Waals surface area contributed by atoms with Gasteiger partial charge in [-0.2, -0.15) is 0 Å². The summed E-state index contributed by atoms with van der Waals surface area (Å²) in [6.45, 7) is 6.07. The molecule has 2 rings (SSSR count). The van der Waals surface area contributed by atoms with E-state index < -0.39 is 0 Å². The van der Waals surface area contributed by atoms with Gasteiger partial charge in [0.2, 0.25) is 0 Å². The fraction of sp³-hybridized carbons (Fsp3) is 0.625. The topological polar surface area (TPSA) is 38.5 Å². The van der Waals surface area contributed by atoms with E-state index in [1.54, 1.807) is 0 Å². The average molecular weight is 262 g/mol. The van der Waals surface area contributed by atoms with E-state index in [2.05, 4.69) is 36.1 Å². The molecule has 1 saturated heterocycles. The van der Waals surface area contributed by atoms with Crippen LogP contribution in [0.5, 0.6) is 5.75 Å². The number of nitrogens with zero attached hydrogens (tertiary/aromatic N) is 1. The SMILES string of the molecule is CCCOc1ccc(C(CCN)N2CCCC2)cc1. The molecule has 1 fully saturated rings. The number of likely N-dealkylation sites (tertiary alicyclic amines) is 1. The normalized spacial score (nSPS) is 17.6. The van der Waals surface area contributed by atoms with E-state index in [4.69, 9.17) is 10.5 Å². The predicted molar refractivity (Wildman–Crippen MR) is 79.4 cm³/mol. The quantitative estimate of drug-likeness (QED) is 0.821. The van der Waals surface area contributed by atoms with Gasteiger partial charge in [-0.25, -0.2) is 0 Å². The molecule has 2 N–H and O–H groups in total. The Morgan fingerprint density at radius 3 is 2.47 bits per heavy atom. The molecule has 106 valence electrons. The maximum Gasteiger partial charge on any atom is 0.119 e. The van der Waals surface area contributed by atoms with Crippen molar-refractivity contribution in [3.8, 4) is 5.75 Å². The Hall–Kier alpha value is -1.06. The van der Waals surface area contributed by atoms with Crippen molar-refractivity contribution in [1.29, 1.82) is 0 Å². The van der Waals surface area contributed by atoms with Crippen LogP contribution in [-0.2, 0) is 0 Å². The minimum Gasteiger partial charge on any atom is -0.494 e. The smallest absolute Gasteiger partial charge is 0.119 e. The number of benzene rings is 1. The van der Waals surface area contributed by atoms with Gasteiger partial charge in [-0.3, -0.25) is 4.90 Å². The first-order valence-electron chi connectivity index (χ1n) is 7.52. The van der Waals surface area contributed by atoms with Crippen molar-refractivity contribution in [2.45, 2.75) is 38.6 Å². The summed E-state index contributed by atoms with van der Waals surface area (Å²) in [7, 11) is 0. The summed E-state index contributed by atoms with van der Waals surface area (Å²) >= 11 is 0. The fourth-order valence-electron chi connectivity index (χ4n) is 2.78. The highest BCUT2D eigenvalue weighted by Crippen LogP contribution is 2.28. The number of hydrogen-bond donors (Lipinski definition) is 1. The summed E-state index contributed by atoms with van der Waals surface area (Å²) < 4.78 is 5.64. The van der Waals surface area contributed by atoms with E-state index in [1.807, 2.05) is 0 Å². The van der Waals surface area contributed by atoms with Gasteiger partial charge in [-0.1, -0.05) is 19.1 Å². The first-order valence-corrected chi connectivity index (χ1v) is 7.52. The highest BCUT2D eigenvalue weighted by atomic mass is 16.5. The van der Waals surface area contributed by atoms with Gasteiger partial charge in [0.25, 0.3) is 0 Å². The first-order chi connectivity index (χ1) is 9.35. The van der Waals surface area contributed by atoms with E-state index in [1.165, 1.54) is 31.5 Å². The van der Waals surface area contributed by atoms with E-state index in [0.29, 0.717) is 6.04 Å². The van der Waals surface area contributed by atoms with Crippen LogP contribution in [-0.4, -0.2) is 31.1 Å². The molecule has 0 amide bonds. The molecular formula is C16H26N2O. The van der Waals surface area contributed by atoms with Crippen molar-refractivity contribution >= 4 is 0 Å². The van der Waals surface area contributed by atoms with Crippen molar-refractivity contribution in [2.75, 3.05) is 26.2 Å². The number of nitrogens with two attached hydrogens (primary N) is 1. The van der Waals surface area contributed by atoms with Crippen LogP contribution < -0.4 is 10.5 Å². The van der Waals surface area contributed by atoms with E-state index in [0.717, 1.165) is 31.7 Å². The molecule has 1 unspecified atom stereocenters. The second-order valence-electron chi connectivity index (χ2n) is 5.25. The third-order valence-corrected chi connectivity index (χ3v) is 3.76. The van der Waals surface area contributed by atoms with Gasteiger partial charge in [0.1, 0.15) is 5.75 Å². The molecule has 1 heterocycles. The third kappa shape index (κ3) is 3.95. The summed E-state index contributed by atoms with van der Waals surface area (Å²) in [6.07, 6.45) is 4.72. The largest absolute Gasteiger partial charge is 0.494 e. The summed E-state index contributed by atoms with van der Waals surface area (Å²) in [5, 5.41) is 0. The molecule has 0 saturated carbocycles. The molecule has 0 aliphatic carbocycles. The summed E-state index contributed by atoms with van der Waals surface area (Å²) in [5.41, 5.74) is 7.15. The summed E-state index contributed by atoms with van der Waals surface area (Å²) in [6, 6.07) is 9.05. The van der Waals surface area contributed by atoms with E-state index >= 15 is 0 Å². The van der Waals surface area contributed by atoms with E-state index in [9.17, 15) is 0 Å². The van der Waals surface area contributed by atoms with Gasteiger partial charge in [0.15, 0.2) is 0 Å². The Labute approximate surface area is 116 Å². The molecule has 0 aromatic heterocycles. The van der Waals surface area contributed by atoms with Gasteiger partial charge >= 0.3 is 0 Å². The average Bonchev–Trinajstić information content (AvgIpc) is 2.97. The second-order valence-corrected chi connectivity index (χ2v) is 5.25. The molecule has 1 aliphatic heterocycles. The molecule has 0 spiro atoms. The molecule has 3 heteroatoms. The number of rotatable bonds is 7. The van der Waals surface area contributed by atoms with Crippen molar-refractivity contribution < 1.29 is 4.74 Å². The van der Waals surface area contributed by atoms with Gasteiger partial charge in [-0.05, 0) is 63.0 Å². The predicted octanol–water partition coefficient (Wildman–Crippen LogP) is 2.96. The van der Waals surface area contributed by atoms with E-state index in [-0.39, 0.29) is 0 Å². The second kappa shape index (κ2) is 7.51. The molecule has 0 bridgehead atoms. The standard InChI is InChI=1S/C16H26N2O/c1-2-13-19-15-7-5-14(6-8-15)16(9-10-17)18-11-3-4-12-18/h5-8,16H,2-4,9-13,17H2,1H3. The molecule has 1 aromatic carbocycles. The van der Waals surface area contributed by atoms with Crippen LogP contribution in [0.2, 0.25) is 0 Å². The molecule has 19 heavy (non-hydrogen) atoms. The van der Waals surface area contributed by atoms with Crippen LogP contribution in [0.15, 0.2) is 24.3 Å². The maximum absolute atomic E-state index is 5.78.